The summed E-state index contributed by atoms with van der Waals surface area (Å²) in [6.45, 7) is 0. The molecule has 0 saturated carbocycles. The summed E-state index contributed by atoms with van der Waals surface area (Å²) in [6.07, 6.45) is 0. The first-order chi connectivity index (χ1) is 17.2. The Labute approximate surface area is 208 Å². The second-order valence-electron chi connectivity index (χ2n) is 8.98. The predicted octanol–water partition coefficient (Wildman–Crippen LogP) is 8.35. The first kappa shape index (κ1) is 20.1. The monoisotopic (exact) mass is 467 g/mol. The van der Waals surface area contributed by atoms with Crippen LogP contribution in [0.5, 0.6) is 11.5 Å². The van der Waals surface area contributed by atoms with Crippen LogP contribution >= 0.6 is 11.6 Å². The van der Waals surface area contributed by atoms with Crippen molar-refractivity contribution < 1.29 is 4.74 Å². The van der Waals surface area contributed by atoms with Crippen LogP contribution < -0.4 is 4.74 Å². The van der Waals surface area contributed by atoms with Crippen molar-refractivity contribution in [3.05, 3.63) is 142 Å². The zero-order valence-corrected chi connectivity index (χ0v) is 19.4. The molecule has 0 radical (unpaired) electrons. The van der Waals surface area contributed by atoms with E-state index in [1.807, 2.05) is 42.5 Å². The summed E-state index contributed by atoms with van der Waals surface area (Å²) in [5.41, 5.74) is 9.22. The van der Waals surface area contributed by atoms with Gasteiger partial charge in [0, 0.05) is 16.1 Å². The third-order valence-corrected chi connectivity index (χ3v) is 7.48. The lowest BCUT2D eigenvalue weighted by molar-refractivity contribution is 0.436. The highest BCUT2D eigenvalue weighted by atomic mass is 35.5. The summed E-state index contributed by atoms with van der Waals surface area (Å²) < 4.78 is 6.48. The van der Waals surface area contributed by atoms with Crippen LogP contribution in [0.25, 0.3) is 22.3 Å². The van der Waals surface area contributed by atoms with Crippen LogP contribution in [0.2, 0.25) is 5.02 Å². The summed E-state index contributed by atoms with van der Waals surface area (Å²) in [4.78, 5) is 0. The SMILES string of the molecule is N#Cc1ccc(-c2ccc3c(c2)C2(c4ccccc4O3)c3ccccc3-c3ccc(Cl)cc32)cc1. The highest BCUT2D eigenvalue weighted by Crippen LogP contribution is 2.62. The van der Waals surface area contributed by atoms with Gasteiger partial charge in [-0.25, -0.2) is 0 Å². The summed E-state index contributed by atoms with van der Waals surface area (Å²) >= 11 is 6.62. The van der Waals surface area contributed by atoms with Crippen molar-refractivity contribution in [1.82, 2.24) is 0 Å². The van der Waals surface area contributed by atoms with Crippen LogP contribution in [0.4, 0.5) is 0 Å². The smallest absolute Gasteiger partial charge is 0.132 e. The molecule has 0 saturated heterocycles. The highest BCUT2D eigenvalue weighted by molar-refractivity contribution is 6.30. The minimum absolute atomic E-state index is 0.552. The minimum atomic E-state index is -0.552. The molecule has 2 aliphatic rings. The number of benzene rings is 5. The Morgan fingerprint density at radius 2 is 1.29 bits per heavy atom. The standard InChI is InChI=1S/C32H18ClNO/c33-23-14-15-25-24-5-1-2-6-26(24)32(28(25)18-23)27-7-3-4-8-30(27)35-31-16-13-22(17-29(31)32)21-11-9-20(19-34)10-12-21/h1-18H. The van der Waals surface area contributed by atoms with E-state index in [-0.39, 0.29) is 0 Å². The molecule has 1 heterocycles. The largest absolute Gasteiger partial charge is 0.457 e. The van der Waals surface area contributed by atoms with E-state index >= 15 is 0 Å². The molecule has 5 aromatic rings. The van der Waals surface area contributed by atoms with Gasteiger partial charge in [-0.15, -0.1) is 0 Å². The third-order valence-electron chi connectivity index (χ3n) is 7.25. The van der Waals surface area contributed by atoms with Gasteiger partial charge in [0.05, 0.1) is 17.0 Å². The van der Waals surface area contributed by atoms with Crippen molar-refractivity contribution in [2.75, 3.05) is 0 Å². The maximum Gasteiger partial charge on any atom is 0.132 e. The fraction of sp³-hybridized carbons (Fsp3) is 0.0312. The van der Waals surface area contributed by atoms with E-state index in [0.29, 0.717) is 10.6 Å². The van der Waals surface area contributed by atoms with E-state index in [4.69, 9.17) is 16.3 Å². The van der Waals surface area contributed by atoms with Gasteiger partial charge in [-0.2, -0.15) is 5.26 Å². The molecule has 1 aliphatic heterocycles. The number of hydrogen-bond acceptors (Lipinski definition) is 2. The van der Waals surface area contributed by atoms with Crippen LogP contribution in [-0.2, 0) is 5.41 Å². The molecule has 1 aliphatic carbocycles. The molecule has 2 nitrogen and oxygen atoms in total. The van der Waals surface area contributed by atoms with Crippen LogP contribution in [0.15, 0.2) is 109 Å². The summed E-state index contributed by atoms with van der Waals surface area (Å²) in [7, 11) is 0. The molecule has 3 heteroatoms. The number of nitrogens with zero attached hydrogens (tertiary/aromatic N) is 1. The predicted molar refractivity (Wildman–Crippen MR) is 139 cm³/mol. The molecular formula is C32H18ClNO. The van der Waals surface area contributed by atoms with Crippen molar-refractivity contribution in [3.63, 3.8) is 0 Å². The van der Waals surface area contributed by atoms with Gasteiger partial charge in [0.25, 0.3) is 0 Å². The number of hydrogen-bond donors (Lipinski definition) is 0. The van der Waals surface area contributed by atoms with Gasteiger partial charge < -0.3 is 4.74 Å². The van der Waals surface area contributed by atoms with Crippen molar-refractivity contribution in [2.45, 2.75) is 5.41 Å². The Morgan fingerprint density at radius 3 is 2.11 bits per heavy atom. The van der Waals surface area contributed by atoms with E-state index in [9.17, 15) is 5.26 Å². The average molecular weight is 468 g/mol. The van der Waals surface area contributed by atoms with Crippen LogP contribution in [0.1, 0.15) is 27.8 Å². The quantitative estimate of drug-likeness (QED) is 0.243. The molecule has 7 rings (SSSR count). The summed E-state index contributed by atoms with van der Waals surface area (Å²) in [5, 5.41) is 9.93. The summed E-state index contributed by atoms with van der Waals surface area (Å²) in [5.74, 6) is 1.69. The Bertz CT molecular complexity index is 1700. The molecule has 5 aromatic carbocycles. The van der Waals surface area contributed by atoms with Crippen LogP contribution in [0, 0.1) is 11.3 Å². The Kier molecular flexibility index (Phi) is 4.21. The zero-order chi connectivity index (χ0) is 23.6. The molecule has 0 fully saturated rings. The summed E-state index contributed by atoms with van der Waals surface area (Å²) in [6, 6.07) is 39.4. The van der Waals surface area contributed by atoms with E-state index < -0.39 is 5.41 Å². The van der Waals surface area contributed by atoms with Gasteiger partial charge in [0.15, 0.2) is 0 Å². The molecule has 1 unspecified atom stereocenters. The number of ether oxygens (including phenoxy) is 1. The topological polar surface area (TPSA) is 33.0 Å². The Balaban J connectivity index is 1.59. The lowest BCUT2D eigenvalue weighted by atomic mass is 9.66. The fourth-order valence-corrected chi connectivity index (χ4v) is 5.96. The molecule has 0 aromatic heterocycles. The van der Waals surface area contributed by atoms with Gasteiger partial charge in [-0.05, 0) is 75.8 Å². The van der Waals surface area contributed by atoms with Crippen LogP contribution in [-0.4, -0.2) is 0 Å². The first-order valence-corrected chi connectivity index (χ1v) is 11.9. The maximum absolute atomic E-state index is 9.22. The zero-order valence-electron chi connectivity index (χ0n) is 18.6. The molecule has 1 spiro atoms. The van der Waals surface area contributed by atoms with Crippen molar-refractivity contribution in [3.8, 4) is 39.8 Å². The van der Waals surface area contributed by atoms with Gasteiger partial charge in [-0.3, -0.25) is 0 Å². The maximum atomic E-state index is 9.22. The van der Waals surface area contributed by atoms with Crippen molar-refractivity contribution in [2.24, 2.45) is 0 Å². The van der Waals surface area contributed by atoms with Crippen molar-refractivity contribution >= 4 is 11.6 Å². The first-order valence-electron chi connectivity index (χ1n) is 11.5. The Morgan fingerprint density at radius 1 is 0.600 bits per heavy atom. The highest BCUT2D eigenvalue weighted by Gasteiger charge is 2.51. The molecular weight excluding hydrogens is 450 g/mol. The molecule has 164 valence electrons. The molecule has 1 atom stereocenters. The van der Waals surface area contributed by atoms with Crippen molar-refractivity contribution in [1.29, 1.82) is 5.26 Å². The minimum Gasteiger partial charge on any atom is -0.457 e. The number of fused-ring (bicyclic) bond motifs is 9. The van der Waals surface area contributed by atoms with Gasteiger partial charge in [0.1, 0.15) is 11.5 Å². The van der Waals surface area contributed by atoms with Gasteiger partial charge >= 0.3 is 0 Å². The lowest BCUT2D eigenvalue weighted by Gasteiger charge is -2.39. The second kappa shape index (κ2) is 7.34. The van der Waals surface area contributed by atoms with E-state index in [1.54, 1.807) is 0 Å². The van der Waals surface area contributed by atoms with Gasteiger partial charge in [0.2, 0.25) is 0 Å². The third kappa shape index (κ3) is 2.71. The molecule has 0 bridgehead atoms. The van der Waals surface area contributed by atoms with E-state index in [2.05, 4.69) is 72.8 Å². The average Bonchev–Trinajstić information content (AvgIpc) is 3.19. The van der Waals surface area contributed by atoms with E-state index in [1.165, 1.54) is 22.3 Å². The molecule has 0 N–H and O–H groups in total. The number of halogens is 1. The Hall–Kier alpha value is -4.32. The molecule has 0 amide bonds. The number of para-hydroxylation sites is 1. The number of rotatable bonds is 1. The number of nitriles is 1. The van der Waals surface area contributed by atoms with Gasteiger partial charge in [-0.1, -0.05) is 78.3 Å². The molecule has 35 heavy (non-hydrogen) atoms. The fourth-order valence-electron chi connectivity index (χ4n) is 5.79. The lowest BCUT2D eigenvalue weighted by Crippen LogP contribution is -2.32. The van der Waals surface area contributed by atoms with E-state index in [0.717, 1.165) is 33.8 Å². The second-order valence-corrected chi connectivity index (χ2v) is 9.42. The van der Waals surface area contributed by atoms with Crippen LogP contribution in [0.3, 0.4) is 0 Å². The normalized spacial score (nSPS) is 16.5.